The molecule has 0 bridgehead atoms. The number of hydrogen-bond acceptors (Lipinski definition) is 4. The third-order valence-corrected chi connectivity index (χ3v) is 3.51. The predicted molar refractivity (Wildman–Crippen MR) is 59.6 cm³/mol. The van der Waals surface area contributed by atoms with Crippen LogP contribution in [0.15, 0.2) is 24.3 Å². The highest BCUT2D eigenvalue weighted by atomic mass is 32.2. The van der Waals surface area contributed by atoms with E-state index in [0.29, 0.717) is 0 Å². The van der Waals surface area contributed by atoms with E-state index >= 15 is 0 Å². The van der Waals surface area contributed by atoms with Crippen molar-refractivity contribution in [2.75, 3.05) is 0 Å². The average Bonchev–Trinajstić information content (AvgIpc) is 2.27. The smallest absolute Gasteiger partial charge is 0.258 e. The summed E-state index contributed by atoms with van der Waals surface area (Å²) in [6.45, 7) is 1.20. The number of hydrogen-bond donors (Lipinski definition) is 1. The van der Waals surface area contributed by atoms with Crippen LogP contribution >= 0.6 is 0 Å². The van der Waals surface area contributed by atoms with E-state index in [0.717, 1.165) is 12.1 Å². The maximum atomic E-state index is 12.1. The molecule has 19 heavy (non-hydrogen) atoms. The summed E-state index contributed by atoms with van der Waals surface area (Å²) in [7, 11) is -5.46. The molecule has 0 heterocycles. The Labute approximate surface area is 106 Å². The minimum absolute atomic E-state index is 0.179. The van der Waals surface area contributed by atoms with Gasteiger partial charge >= 0.3 is 15.5 Å². The first-order chi connectivity index (χ1) is 8.54. The molecule has 1 aromatic rings. The zero-order chi connectivity index (χ0) is 14.8. The maximum absolute atomic E-state index is 12.1. The molecule has 1 atom stereocenters. The standard InChI is InChI=1S/C9H9F3N2O4S/c1-6(13-19(17,18)9(10,11)12)7-2-4-8(5-3-7)14(15)16/h2-6,13H,1H3. The van der Waals surface area contributed by atoms with E-state index in [9.17, 15) is 31.7 Å². The van der Waals surface area contributed by atoms with Crippen molar-refractivity contribution >= 4 is 15.7 Å². The van der Waals surface area contributed by atoms with E-state index in [2.05, 4.69) is 0 Å². The molecule has 0 fully saturated rings. The third-order valence-electron chi connectivity index (χ3n) is 2.24. The molecule has 6 nitrogen and oxygen atoms in total. The van der Waals surface area contributed by atoms with Gasteiger partial charge < -0.3 is 0 Å². The molecule has 0 radical (unpaired) electrons. The van der Waals surface area contributed by atoms with Crippen molar-refractivity contribution in [1.82, 2.24) is 4.72 Å². The van der Waals surface area contributed by atoms with Gasteiger partial charge in [0.05, 0.1) is 4.92 Å². The van der Waals surface area contributed by atoms with Crippen molar-refractivity contribution in [2.45, 2.75) is 18.5 Å². The highest BCUT2D eigenvalue weighted by Crippen LogP contribution is 2.25. The van der Waals surface area contributed by atoms with Crippen molar-refractivity contribution in [1.29, 1.82) is 0 Å². The van der Waals surface area contributed by atoms with Crippen LogP contribution in [0.4, 0.5) is 18.9 Å². The van der Waals surface area contributed by atoms with Gasteiger partial charge in [0.25, 0.3) is 5.69 Å². The number of nitro groups is 1. The Morgan fingerprint density at radius 3 is 2.11 bits per heavy atom. The summed E-state index contributed by atoms with van der Waals surface area (Å²) in [4.78, 5) is 9.72. The largest absolute Gasteiger partial charge is 0.511 e. The Hall–Kier alpha value is -1.68. The molecule has 0 aliphatic rings. The van der Waals surface area contributed by atoms with Crippen LogP contribution < -0.4 is 4.72 Å². The number of halogens is 3. The van der Waals surface area contributed by atoms with Crippen LogP contribution in [0.2, 0.25) is 0 Å². The molecular formula is C9H9F3N2O4S. The quantitative estimate of drug-likeness (QED) is 0.681. The van der Waals surface area contributed by atoms with E-state index in [-0.39, 0.29) is 11.3 Å². The molecular weight excluding hydrogens is 289 g/mol. The number of non-ortho nitro benzene ring substituents is 1. The third kappa shape index (κ3) is 3.64. The number of sulfonamides is 1. The van der Waals surface area contributed by atoms with Gasteiger partial charge in [-0.2, -0.15) is 13.2 Å². The van der Waals surface area contributed by atoms with Crippen LogP contribution in [0.5, 0.6) is 0 Å². The molecule has 10 heteroatoms. The molecule has 0 spiro atoms. The summed E-state index contributed by atoms with van der Waals surface area (Å²) >= 11 is 0. The molecule has 0 saturated heterocycles. The van der Waals surface area contributed by atoms with Crippen molar-refractivity contribution in [2.24, 2.45) is 0 Å². The van der Waals surface area contributed by atoms with Crippen molar-refractivity contribution in [3.63, 3.8) is 0 Å². The second-order valence-corrected chi connectivity index (χ2v) is 5.34. The fourth-order valence-electron chi connectivity index (χ4n) is 1.25. The van der Waals surface area contributed by atoms with Crippen LogP contribution in [0, 0.1) is 10.1 Å². The monoisotopic (exact) mass is 298 g/mol. The van der Waals surface area contributed by atoms with Gasteiger partial charge in [-0.15, -0.1) is 0 Å². The average molecular weight is 298 g/mol. The number of nitro benzene ring substituents is 1. The summed E-state index contributed by atoms with van der Waals surface area (Å²) in [6.07, 6.45) is 0. The summed E-state index contributed by atoms with van der Waals surface area (Å²) < 4.78 is 59.6. The summed E-state index contributed by atoms with van der Waals surface area (Å²) in [5.41, 5.74) is -5.46. The lowest BCUT2D eigenvalue weighted by atomic mass is 10.1. The highest BCUT2D eigenvalue weighted by molar-refractivity contribution is 7.90. The Bertz CT molecular complexity index is 568. The van der Waals surface area contributed by atoms with E-state index in [1.165, 1.54) is 23.8 Å². The molecule has 1 aromatic carbocycles. The highest BCUT2D eigenvalue weighted by Gasteiger charge is 2.46. The number of alkyl halides is 3. The number of nitrogens with one attached hydrogen (secondary N) is 1. The lowest BCUT2D eigenvalue weighted by Crippen LogP contribution is -2.37. The molecule has 0 amide bonds. The normalized spacial score (nSPS) is 14.1. The zero-order valence-electron chi connectivity index (χ0n) is 9.51. The van der Waals surface area contributed by atoms with Crippen molar-refractivity contribution in [3.05, 3.63) is 39.9 Å². The molecule has 106 valence electrons. The van der Waals surface area contributed by atoms with Gasteiger partial charge in [-0.1, -0.05) is 12.1 Å². The van der Waals surface area contributed by atoms with Gasteiger partial charge in [-0.25, -0.2) is 13.1 Å². The molecule has 0 aliphatic heterocycles. The van der Waals surface area contributed by atoms with E-state index in [1.807, 2.05) is 0 Å². The molecule has 0 aromatic heterocycles. The molecule has 1 unspecified atom stereocenters. The van der Waals surface area contributed by atoms with Crippen molar-refractivity contribution in [3.8, 4) is 0 Å². The van der Waals surface area contributed by atoms with Gasteiger partial charge in [-0.3, -0.25) is 10.1 Å². The Morgan fingerprint density at radius 2 is 1.74 bits per heavy atom. The first-order valence-corrected chi connectivity index (χ1v) is 6.36. The summed E-state index contributed by atoms with van der Waals surface area (Å²) in [5.74, 6) is 0. The topological polar surface area (TPSA) is 89.3 Å². The zero-order valence-corrected chi connectivity index (χ0v) is 10.3. The predicted octanol–water partition coefficient (Wildman–Crippen LogP) is 2.09. The number of nitrogens with zero attached hydrogens (tertiary/aromatic N) is 1. The van der Waals surface area contributed by atoms with Gasteiger partial charge in [0.2, 0.25) is 0 Å². The fraction of sp³-hybridized carbons (Fsp3) is 0.333. The number of benzene rings is 1. The maximum Gasteiger partial charge on any atom is 0.511 e. The lowest BCUT2D eigenvalue weighted by molar-refractivity contribution is -0.384. The van der Waals surface area contributed by atoms with Crippen LogP contribution in [-0.2, 0) is 10.0 Å². The van der Waals surface area contributed by atoms with Crippen LogP contribution in [0.1, 0.15) is 18.5 Å². The minimum Gasteiger partial charge on any atom is -0.258 e. The second kappa shape index (κ2) is 5.13. The lowest BCUT2D eigenvalue weighted by Gasteiger charge is -2.15. The molecule has 1 rings (SSSR count). The van der Waals surface area contributed by atoms with Gasteiger partial charge in [0, 0.05) is 18.2 Å². The summed E-state index contributed by atoms with van der Waals surface area (Å²) in [6, 6.07) is 3.36. The molecule has 0 saturated carbocycles. The van der Waals surface area contributed by atoms with Gasteiger partial charge in [0.1, 0.15) is 0 Å². The SMILES string of the molecule is CC(NS(=O)(=O)C(F)(F)F)c1ccc([N+](=O)[O-])cc1. The first kappa shape index (κ1) is 15.4. The summed E-state index contributed by atoms with van der Waals surface area (Å²) in [5, 5.41) is 10.4. The first-order valence-electron chi connectivity index (χ1n) is 4.87. The van der Waals surface area contributed by atoms with Crippen molar-refractivity contribution < 1.29 is 26.5 Å². The fourth-order valence-corrected chi connectivity index (χ4v) is 1.99. The van der Waals surface area contributed by atoms with Crippen LogP contribution in [0.25, 0.3) is 0 Å². The Morgan fingerprint density at radius 1 is 1.26 bits per heavy atom. The van der Waals surface area contributed by atoms with Gasteiger partial charge in [0.15, 0.2) is 0 Å². The van der Waals surface area contributed by atoms with E-state index in [1.54, 1.807) is 0 Å². The minimum atomic E-state index is -5.46. The second-order valence-electron chi connectivity index (χ2n) is 3.64. The number of rotatable bonds is 4. The van der Waals surface area contributed by atoms with Crippen LogP contribution in [0.3, 0.4) is 0 Å². The van der Waals surface area contributed by atoms with E-state index in [4.69, 9.17) is 0 Å². The molecule has 1 N–H and O–H groups in total. The van der Waals surface area contributed by atoms with Gasteiger partial charge in [-0.05, 0) is 12.5 Å². The Kier molecular flexibility index (Phi) is 4.15. The Balaban J connectivity index is 2.91. The van der Waals surface area contributed by atoms with Crippen LogP contribution in [-0.4, -0.2) is 18.8 Å². The van der Waals surface area contributed by atoms with E-state index < -0.39 is 26.5 Å². The molecule has 0 aliphatic carbocycles.